The summed E-state index contributed by atoms with van der Waals surface area (Å²) >= 11 is 0. The lowest BCUT2D eigenvalue weighted by atomic mass is 9.69. The van der Waals surface area contributed by atoms with E-state index >= 15 is 0 Å². The number of para-hydroxylation sites is 3. The Morgan fingerprint density at radius 2 is 1.25 bits per heavy atom. The van der Waals surface area contributed by atoms with Crippen molar-refractivity contribution >= 4 is 33.1 Å². The Kier molecular flexibility index (Phi) is 7.08. The largest absolute Gasteiger partial charge is 0.457 e. The molecule has 3 heteroatoms. The molecule has 256 valence electrons. The number of benzene rings is 6. The molecule has 0 fully saturated rings. The van der Waals surface area contributed by atoms with Gasteiger partial charge in [0.25, 0.3) is 0 Å². The van der Waals surface area contributed by atoms with Gasteiger partial charge in [0.15, 0.2) is 0 Å². The van der Waals surface area contributed by atoms with Crippen LogP contribution < -0.4 is 9.47 Å². The van der Waals surface area contributed by atoms with E-state index in [1.54, 1.807) is 0 Å². The van der Waals surface area contributed by atoms with Crippen LogP contribution in [0.3, 0.4) is 0 Å². The normalized spacial score (nSPS) is 18.6. The van der Waals surface area contributed by atoms with Gasteiger partial charge in [-0.1, -0.05) is 103 Å². The number of ether oxygens (including phenoxy) is 2. The van der Waals surface area contributed by atoms with Crippen molar-refractivity contribution in [2.24, 2.45) is 0 Å². The van der Waals surface area contributed by atoms with Gasteiger partial charge < -0.3 is 14.0 Å². The van der Waals surface area contributed by atoms with E-state index in [9.17, 15) is 0 Å². The maximum Gasteiger partial charge on any atom is 0.131 e. The Balaban J connectivity index is 1.12. The Morgan fingerprint density at radius 1 is 0.528 bits per heavy atom. The third-order valence-corrected chi connectivity index (χ3v) is 11.9. The Bertz CT molecular complexity index is 2700. The lowest BCUT2D eigenvalue weighted by Gasteiger charge is -2.39. The van der Waals surface area contributed by atoms with Crippen molar-refractivity contribution < 1.29 is 9.47 Å². The van der Waals surface area contributed by atoms with Crippen LogP contribution in [0.5, 0.6) is 23.0 Å². The van der Waals surface area contributed by atoms with Crippen molar-refractivity contribution in [3.05, 3.63) is 180 Å². The molecule has 0 saturated heterocycles. The first-order valence-corrected chi connectivity index (χ1v) is 19.2. The van der Waals surface area contributed by atoms with Gasteiger partial charge >= 0.3 is 0 Å². The average Bonchev–Trinajstić information content (AvgIpc) is 3.56. The van der Waals surface area contributed by atoms with Gasteiger partial charge in [-0.3, -0.25) is 0 Å². The molecule has 0 bridgehead atoms. The topological polar surface area (TPSA) is 23.4 Å². The summed E-state index contributed by atoms with van der Waals surface area (Å²) < 4.78 is 16.0. The summed E-state index contributed by atoms with van der Waals surface area (Å²) in [5.41, 5.74) is 13.9. The molecule has 0 amide bonds. The third-order valence-electron chi connectivity index (χ3n) is 11.9. The zero-order chi connectivity index (χ0) is 34.9. The van der Waals surface area contributed by atoms with Gasteiger partial charge in [0.1, 0.15) is 23.0 Å². The SMILES string of the molecule is C1=CCCC(c2cccc3c2C(C2c4ccccc4Oc4ccc(-c5ccc6c(c5)c5ccccc5n6C5=CCCCC5)cc42)c2ccccc2O3)=C1. The van der Waals surface area contributed by atoms with Gasteiger partial charge in [-0.2, -0.15) is 0 Å². The summed E-state index contributed by atoms with van der Waals surface area (Å²) in [5, 5.41) is 2.60. The van der Waals surface area contributed by atoms with Gasteiger partial charge in [0.2, 0.25) is 0 Å². The summed E-state index contributed by atoms with van der Waals surface area (Å²) in [5.74, 6) is 3.73. The first-order chi connectivity index (χ1) is 26.3. The van der Waals surface area contributed by atoms with E-state index in [0.717, 1.165) is 48.7 Å². The smallest absolute Gasteiger partial charge is 0.131 e. The Hall–Kier alpha value is -6.06. The van der Waals surface area contributed by atoms with E-state index in [-0.39, 0.29) is 11.8 Å². The number of rotatable bonds is 4. The van der Waals surface area contributed by atoms with Gasteiger partial charge in [-0.15, -0.1) is 0 Å². The molecular weight excluding hydrogens is 647 g/mol. The Labute approximate surface area is 310 Å². The predicted octanol–water partition coefficient (Wildman–Crippen LogP) is 13.8. The van der Waals surface area contributed by atoms with Crippen LogP contribution in [-0.2, 0) is 0 Å². The molecule has 6 aromatic carbocycles. The zero-order valence-electron chi connectivity index (χ0n) is 29.6. The van der Waals surface area contributed by atoms with Gasteiger partial charge in [0.05, 0.1) is 11.0 Å². The van der Waals surface area contributed by atoms with E-state index in [2.05, 4.69) is 156 Å². The van der Waals surface area contributed by atoms with Crippen LogP contribution in [-0.4, -0.2) is 4.57 Å². The highest BCUT2D eigenvalue weighted by Crippen LogP contribution is 2.59. The second-order valence-corrected chi connectivity index (χ2v) is 14.9. The highest BCUT2D eigenvalue weighted by Gasteiger charge is 2.41. The molecule has 0 radical (unpaired) electrons. The van der Waals surface area contributed by atoms with E-state index in [1.165, 1.54) is 84.9 Å². The first kappa shape index (κ1) is 30.6. The fraction of sp³-hybridized carbons (Fsp3) is 0.160. The number of nitrogens with zero attached hydrogens (tertiary/aromatic N) is 1. The van der Waals surface area contributed by atoms with Crippen LogP contribution in [0.1, 0.15) is 78.2 Å². The lowest BCUT2D eigenvalue weighted by Crippen LogP contribution is -2.23. The first-order valence-electron chi connectivity index (χ1n) is 19.2. The highest BCUT2D eigenvalue weighted by molar-refractivity contribution is 6.11. The monoisotopic (exact) mass is 685 g/mol. The van der Waals surface area contributed by atoms with Crippen molar-refractivity contribution in [1.29, 1.82) is 0 Å². The maximum absolute atomic E-state index is 6.75. The molecular formula is C50H39NO2. The lowest BCUT2D eigenvalue weighted by molar-refractivity contribution is 0.413. The van der Waals surface area contributed by atoms with Crippen LogP contribution >= 0.6 is 0 Å². The molecule has 2 atom stereocenters. The minimum Gasteiger partial charge on any atom is -0.457 e. The summed E-state index contributed by atoms with van der Waals surface area (Å²) in [4.78, 5) is 0. The molecule has 2 unspecified atom stereocenters. The standard InChI is InChI=1S/C50H39NO2/c1-3-14-32(15-4-1)36-21-13-25-47-49(36)50(39-20-9-12-24-45(39)53-47)48-38-19-8-11-23-44(38)52-46-29-27-34(31-41(46)48)33-26-28-43-40(30-33)37-18-7-10-22-42(37)51(43)35-16-5-2-6-17-35/h1,3,7-14,16,18-31,48,50H,2,4-6,15,17H2. The molecule has 11 rings (SSSR count). The molecule has 1 aromatic heterocycles. The summed E-state index contributed by atoms with van der Waals surface area (Å²) in [7, 11) is 0. The van der Waals surface area contributed by atoms with Gasteiger partial charge in [-0.05, 0) is 109 Å². The Morgan fingerprint density at radius 3 is 2.08 bits per heavy atom. The number of aromatic nitrogens is 1. The van der Waals surface area contributed by atoms with Crippen molar-refractivity contribution in [2.45, 2.75) is 50.4 Å². The molecule has 3 heterocycles. The molecule has 0 saturated carbocycles. The summed E-state index contributed by atoms with van der Waals surface area (Å²) in [6.07, 6.45) is 16.1. The van der Waals surface area contributed by atoms with E-state index in [0.29, 0.717) is 0 Å². The van der Waals surface area contributed by atoms with E-state index in [1.807, 2.05) is 0 Å². The predicted molar refractivity (Wildman–Crippen MR) is 217 cm³/mol. The van der Waals surface area contributed by atoms with Crippen LogP contribution in [0.25, 0.3) is 44.2 Å². The molecule has 3 nitrogen and oxygen atoms in total. The molecule has 0 spiro atoms. The summed E-state index contributed by atoms with van der Waals surface area (Å²) in [6, 6.07) is 46.7. The minimum absolute atomic E-state index is 0.00321. The molecule has 53 heavy (non-hydrogen) atoms. The van der Waals surface area contributed by atoms with Crippen LogP contribution in [0, 0.1) is 0 Å². The number of hydrogen-bond acceptors (Lipinski definition) is 2. The fourth-order valence-corrected chi connectivity index (χ4v) is 9.54. The molecule has 4 aliphatic rings. The minimum atomic E-state index is 0.00321. The number of hydrogen-bond donors (Lipinski definition) is 0. The maximum atomic E-state index is 6.75. The fourth-order valence-electron chi connectivity index (χ4n) is 9.54. The van der Waals surface area contributed by atoms with Crippen molar-refractivity contribution in [3.8, 4) is 34.1 Å². The average molecular weight is 686 g/mol. The van der Waals surface area contributed by atoms with E-state index in [4.69, 9.17) is 9.47 Å². The number of allylic oxidation sites excluding steroid dienone is 6. The quantitative estimate of drug-likeness (QED) is 0.184. The van der Waals surface area contributed by atoms with E-state index < -0.39 is 0 Å². The summed E-state index contributed by atoms with van der Waals surface area (Å²) in [6.45, 7) is 0. The van der Waals surface area contributed by atoms with Crippen molar-refractivity contribution in [2.75, 3.05) is 0 Å². The molecule has 2 aliphatic carbocycles. The molecule has 0 N–H and O–H groups in total. The van der Waals surface area contributed by atoms with Gasteiger partial charge in [0, 0.05) is 50.6 Å². The van der Waals surface area contributed by atoms with Crippen molar-refractivity contribution in [3.63, 3.8) is 0 Å². The van der Waals surface area contributed by atoms with Gasteiger partial charge in [-0.25, -0.2) is 0 Å². The zero-order valence-corrected chi connectivity index (χ0v) is 29.6. The number of fused-ring (bicyclic) bond motifs is 7. The molecule has 2 aliphatic heterocycles. The second-order valence-electron chi connectivity index (χ2n) is 14.9. The van der Waals surface area contributed by atoms with Crippen LogP contribution in [0.4, 0.5) is 0 Å². The third kappa shape index (κ3) is 4.87. The van der Waals surface area contributed by atoms with Crippen molar-refractivity contribution in [1.82, 2.24) is 4.57 Å². The van der Waals surface area contributed by atoms with Crippen LogP contribution in [0.15, 0.2) is 152 Å². The highest BCUT2D eigenvalue weighted by atomic mass is 16.5. The van der Waals surface area contributed by atoms with Crippen LogP contribution in [0.2, 0.25) is 0 Å². The molecule has 7 aromatic rings. The second kappa shape index (κ2) is 12.3.